The minimum Gasteiger partial charge on any atom is -0.450 e. The third-order valence-electron chi connectivity index (χ3n) is 3.79. The summed E-state index contributed by atoms with van der Waals surface area (Å²) in [5.41, 5.74) is -0.568. The molecule has 5 amide bonds. The summed E-state index contributed by atoms with van der Waals surface area (Å²) in [6.45, 7) is 2.91. The highest BCUT2D eigenvalue weighted by Crippen LogP contribution is 2.32. The van der Waals surface area contributed by atoms with Crippen molar-refractivity contribution in [2.45, 2.75) is 25.8 Å². The van der Waals surface area contributed by atoms with Crippen molar-refractivity contribution in [2.75, 3.05) is 13.2 Å². The number of benzene rings is 1. The van der Waals surface area contributed by atoms with Crippen LogP contribution in [0.3, 0.4) is 0 Å². The van der Waals surface area contributed by atoms with E-state index < -0.39 is 36.0 Å². The Balaban J connectivity index is 2.16. The van der Waals surface area contributed by atoms with Crippen molar-refractivity contribution in [1.82, 2.24) is 15.5 Å². The molecule has 0 bridgehead atoms. The van der Waals surface area contributed by atoms with Crippen LogP contribution in [0.4, 0.5) is 9.59 Å². The summed E-state index contributed by atoms with van der Waals surface area (Å²) >= 11 is 0. The van der Waals surface area contributed by atoms with Gasteiger partial charge in [-0.3, -0.25) is 19.8 Å². The first-order valence-electron chi connectivity index (χ1n) is 7.60. The van der Waals surface area contributed by atoms with E-state index in [2.05, 4.69) is 10.1 Å². The van der Waals surface area contributed by atoms with Gasteiger partial charge in [0.25, 0.3) is 5.91 Å². The number of rotatable bonds is 5. The zero-order valence-corrected chi connectivity index (χ0v) is 13.5. The van der Waals surface area contributed by atoms with Gasteiger partial charge in [-0.25, -0.2) is 9.59 Å². The van der Waals surface area contributed by atoms with E-state index in [4.69, 9.17) is 0 Å². The number of amides is 5. The molecular formula is C16H19N3O5. The molecule has 1 aliphatic rings. The molecule has 0 aromatic heterocycles. The van der Waals surface area contributed by atoms with Crippen molar-refractivity contribution in [3.8, 4) is 0 Å². The quantitative estimate of drug-likeness (QED) is 0.786. The van der Waals surface area contributed by atoms with Crippen LogP contribution < -0.4 is 10.6 Å². The first-order chi connectivity index (χ1) is 11.4. The molecule has 1 unspecified atom stereocenters. The average molecular weight is 333 g/mol. The lowest BCUT2D eigenvalue weighted by Crippen LogP contribution is -2.45. The molecule has 1 aromatic carbocycles. The molecular weight excluding hydrogens is 314 g/mol. The monoisotopic (exact) mass is 333 g/mol. The van der Waals surface area contributed by atoms with E-state index in [0.29, 0.717) is 12.0 Å². The van der Waals surface area contributed by atoms with Crippen molar-refractivity contribution >= 4 is 23.9 Å². The molecule has 0 aliphatic carbocycles. The molecule has 0 saturated carbocycles. The molecule has 1 fully saturated rings. The predicted octanol–water partition coefficient (Wildman–Crippen LogP) is 1.12. The molecule has 24 heavy (non-hydrogen) atoms. The van der Waals surface area contributed by atoms with Gasteiger partial charge < -0.3 is 10.1 Å². The van der Waals surface area contributed by atoms with Crippen molar-refractivity contribution < 1.29 is 23.9 Å². The lowest BCUT2D eigenvalue weighted by Gasteiger charge is -2.25. The van der Waals surface area contributed by atoms with Crippen LogP contribution in [0.2, 0.25) is 0 Å². The number of urea groups is 1. The highest BCUT2D eigenvalue weighted by atomic mass is 16.5. The number of hydrogen-bond donors (Lipinski definition) is 2. The summed E-state index contributed by atoms with van der Waals surface area (Å²) in [5.74, 6) is -1.32. The van der Waals surface area contributed by atoms with Gasteiger partial charge in [-0.1, -0.05) is 37.3 Å². The van der Waals surface area contributed by atoms with E-state index in [1.807, 2.05) is 5.32 Å². The highest BCUT2D eigenvalue weighted by Gasteiger charge is 2.51. The van der Waals surface area contributed by atoms with Crippen LogP contribution in [0.5, 0.6) is 0 Å². The summed E-state index contributed by atoms with van der Waals surface area (Å²) < 4.78 is 4.59. The summed E-state index contributed by atoms with van der Waals surface area (Å²) in [4.78, 5) is 48.8. The Morgan fingerprint density at radius 2 is 1.88 bits per heavy atom. The van der Waals surface area contributed by atoms with E-state index in [9.17, 15) is 19.2 Å². The van der Waals surface area contributed by atoms with Crippen LogP contribution in [0.25, 0.3) is 0 Å². The molecule has 1 atom stereocenters. The lowest BCUT2D eigenvalue weighted by molar-refractivity contribution is -0.135. The first kappa shape index (κ1) is 17.5. The fourth-order valence-electron chi connectivity index (χ4n) is 2.60. The van der Waals surface area contributed by atoms with Gasteiger partial charge in [0, 0.05) is 0 Å². The zero-order valence-electron chi connectivity index (χ0n) is 13.5. The maximum absolute atomic E-state index is 12.8. The standard InChI is InChI=1S/C16H19N3O5/c1-3-16(11-8-6-5-7-9-11)13(21)19(14(22)18-16)10-12(20)17-15(23)24-4-2/h5-9H,3-4,10H2,1-2H3,(H,18,22)(H,17,20,23). The molecule has 1 saturated heterocycles. The second-order valence-corrected chi connectivity index (χ2v) is 5.22. The summed E-state index contributed by atoms with van der Waals surface area (Å²) in [6, 6.07) is 8.14. The Labute approximate surface area is 139 Å². The highest BCUT2D eigenvalue weighted by molar-refractivity contribution is 6.10. The number of carbonyl (C=O) groups is 4. The minimum atomic E-state index is -1.21. The Morgan fingerprint density at radius 1 is 1.21 bits per heavy atom. The van der Waals surface area contributed by atoms with Crippen molar-refractivity contribution in [2.24, 2.45) is 0 Å². The van der Waals surface area contributed by atoms with Crippen molar-refractivity contribution in [3.05, 3.63) is 35.9 Å². The predicted molar refractivity (Wildman–Crippen MR) is 83.8 cm³/mol. The van der Waals surface area contributed by atoms with E-state index >= 15 is 0 Å². The summed E-state index contributed by atoms with van der Waals surface area (Å²) in [5, 5.41) is 4.62. The van der Waals surface area contributed by atoms with E-state index in [0.717, 1.165) is 4.90 Å². The maximum atomic E-state index is 12.8. The van der Waals surface area contributed by atoms with Crippen LogP contribution in [0.1, 0.15) is 25.8 Å². The molecule has 8 nitrogen and oxygen atoms in total. The van der Waals surface area contributed by atoms with E-state index in [1.165, 1.54) is 0 Å². The van der Waals surface area contributed by atoms with Crippen molar-refractivity contribution in [3.63, 3.8) is 0 Å². The van der Waals surface area contributed by atoms with Gasteiger partial charge in [0.15, 0.2) is 0 Å². The smallest absolute Gasteiger partial charge is 0.413 e. The van der Waals surface area contributed by atoms with Crippen LogP contribution in [0.15, 0.2) is 30.3 Å². The molecule has 1 aliphatic heterocycles. The Hall–Kier alpha value is -2.90. The normalized spacial score (nSPS) is 19.8. The summed E-state index contributed by atoms with van der Waals surface area (Å²) in [6.07, 6.45) is -0.586. The Bertz CT molecular complexity index is 661. The van der Waals surface area contributed by atoms with E-state index in [1.54, 1.807) is 44.2 Å². The first-order valence-corrected chi connectivity index (χ1v) is 7.60. The fourth-order valence-corrected chi connectivity index (χ4v) is 2.60. The number of hydrogen-bond acceptors (Lipinski definition) is 5. The summed E-state index contributed by atoms with van der Waals surface area (Å²) in [7, 11) is 0. The van der Waals surface area contributed by atoms with Crippen LogP contribution in [0, 0.1) is 0 Å². The van der Waals surface area contributed by atoms with Crippen molar-refractivity contribution in [1.29, 1.82) is 0 Å². The van der Waals surface area contributed by atoms with Gasteiger partial charge in [-0.2, -0.15) is 0 Å². The molecule has 8 heteroatoms. The molecule has 1 heterocycles. The minimum absolute atomic E-state index is 0.106. The fraction of sp³-hybridized carbons (Fsp3) is 0.375. The Kier molecular flexibility index (Phi) is 5.18. The average Bonchev–Trinajstić information content (AvgIpc) is 2.81. The number of imide groups is 2. The number of carbonyl (C=O) groups excluding carboxylic acids is 4. The topological polar surface area (TPSA) is 105 Å². The number of nitrogens with one attached hydrogen (secondary N) is 2. The molecule has 128 valence electrons. The van der Waals surface area contributed by atoms with Gasteiger partial charge in [0.05, 0.1) is 6.61 Å². The zero-order chi connectivity index (χ0) is 17.7. The van der Waals surface area contributed by atoms with Gasteiger partial charge in [-0.05, 0) is 18.9 Å². The number of nitrogens with zero attached hydrogens (tertiary/aromatic N) is 1. The van der Waals surface area contributed by atoms with Gasteiger partial charge >= 0.3 is 12.1 Å². The second kappa shape index (κ2) is 7.12. The molecule has 2 N–H and O–H groups in total. The number of alkyl carbamates (subject to hydrolysis) is 1. The number of ether oxygens (including phenoxy) is 1. The van der Waals surface area contributed by atoms with E-state index in [-0.39, 0.29) is 6.61 Å². The molecule has 0 spiro atoms. The van der Waals surface area contributed by atoms with Gasteiger partial charge in [0.1, 0.15) is 12.1 Å². The second-order valence-electron chi connectivity index (χ2n) is 5.22. The lowest BCUT2D eigenvalue weighted by atomic mass is 9.87. The molecule has 2 rings (SSSR count). The third kappa shape index (κ3) is 3.22. The van der Waals surface area contributed by atoms with Crippen LogP contribution in [-0.2, 0) is 19.9 Å². The van der Waals surface area contributed by atoms with Crippen LogP contribution in [-0.4, -0.2) is 42.0 Å². The molecule has 0 radical (unpaired) electrons. The van der Waals surface area contributed by atoms with Gasteiger partial charge in [0.2, 0.25) is 5.91 Å². The molecule has 1 aromatic rings. The largest absolute Gasteiger partial charge is 0.450 e. The maximum Gasteiger partial charge on any atom is 0.413 e. The Morgan fingerprint density at radius 3 is 2.46 bits per heavy atom. The SMILES string of the molecule is CCOC(=O)NC(=O)CN1C(=O)NC(CC)(c2ccccc2)C1=O. The van der Waals surface area contributed by atoms with Gasteiger partial charge in [-0.15, -0.1) is 0 Å². The third-order valence-corrected chi connectivity index (χ3v) is 3.79. The van der Waals surface area contributed by atoms with Crippen LogP contribution >= 0.6 is 0 Å².